The number of nitrogens with zero attached hydrogens (tertiary/aromatic N) is 2. The molecule has 0 radical (unpaired) electrons. The van der Waals surface area contributed by atoms with Crippen LogP contribution >= 0.6 is 0 Å². The maximum atomic E-state index is 4.67. The molecule has 2 rings (SSSR count). The summed E-state index contributed by atoms with van der Waals surface area (Å²) >= 11 is 0. The van der Waals surface area contributed by atoms with Crippen LogP contribution in [-0.2, 0) is 6.42 Å². The van der Waals surface area contributed by atoms with Crippen molar-refractivity contribution in [3.63, 3.8) is 0 Å². The van der Waals surface area contributed by atoms with E-state index in [-0.39, 0.29) is 0 Å². The van der Waals surface area contributed by atoms with E-state index >= 15 is 0 Å². The summed E-state index contributed by atoms with van der Waals surface area (Å²) in [6.45, 7) is 11.1. The van der Waals surface area contributed by atoms with Gasteiger partial charge in [0.2, 0.25) is 0 Å². The minimum Gasteiger partial charge on any atom is -0.316 e. The van der Waals surface area contributed by atoms with Crippen LogP contribution in [0.4, 0.5) is 0 Å². The number of aryl methyl sites for hydroxylation is 1. The van der Waals surface area contributed by atoms with Crippen LogP contribution in [0, 0.1) is 19.8 Å². The van der Waals surface area contributed by atoms with E-state index in [1.54, 1.807) is 0 Å². The number of piperidine rings is 1. The van der Waals surface area contributed by atoms with Crippen molar-refractivity contribution < 1.29 is 0 Å². The summed E-state index contributed by atoms with van der Waals surface area (Å²) in [5.74, 6) is 0.797. The van der Waals surface area contributed by atoms with E-state index < -0.39 is 0 Å². The minimum absolute atomic E-state index is 0.465. The third-order valence-corrected chi connectivity index (χ3v) is 3.86. The molecule has 1 aromatic rings. The molecular formula is C14H25N3. The molecule has 1 unspecified atom stereocenters. The van der Waals surface area contributed by atoms with E-state index in [0.717, 1.165) is 5.92 Å². The number of hydrogen-bond acceptors (Lipinski definition) is 2. The summed E-state index contributed by atoms with van der Waals surface area (Å²) in [7, 11) is 0. The first-order valence-electron chi connectivity index (χ1n) is 6.85. The summed E-state index contributed by atoms with van der Waals surface area (Å²) in [6.07, 6.45) is 3.87. The number of nitrogens with one attached hydrogen (secondary N) is 1. The van der Waals surface area contributed by atoms with Crippen molar-refractivity contribution in [1.29, 1.82) is 0 Å². The molecule has 0 spiro atoms. The zero-order valence-corrected chi connectivity index (χ0v) is 11.6. The fourth-order valence-electron chi connectivity index (χ4n) is 2.88. The summed E-state index contributed by atoms with van der Waals surface area (Å²) in [5, 5.41) is 8.17. The minimum atomic E-state index is 0.465. The van der Waals surface area contributed by atoms with Crippen molar-refractivity contribution in [3.05, 3.63) is 17.0 Å². The second kappa shape index (κ2) is 5.21. The summed E-state index contributed by atoms with van der Waals surface area (Å²) in [5.41, 5.74) is 4.07. The van der Waals surface area contributed by atoms with Gasteiger partial charge < -0.3 is 5.32 Å². The Bertz CT molecular complexity index is 373. The number of aromatic nitrogens is 2. The van der Waals surface area contributed by atoms with E-state index in [1.165, 1.54) is 49.3 Å². The normalized spacial score (nSPS) is 21.1. The summed E-state index contributed by atoms with van der Waals surface area (Å²) in [4.78, 5) is 0. The Morgan fingerprint density at radius 2 is 2.18 bits per heavy atom. The number of hydrogen-bond donors (Lipinski definition) is 1. The standard InChI is InChI=1S/C14H25N3/c1-10(2)17-12(4)14(11(3)16-17)8-13-6-5-7-15-9-13/h10,13,15H,5-9H2,1-4H3. The van der Waals surface area contributed by atoms with Gasteiger partial charge in [-0.2, -0.15) is 5.10 Å². The topological polar surface area (TPSA) is 29.9 Å². The molecule has 1 fully saturated rings. The molecule has 3 heteroatoms. The van der Waals surface area contributed by atoms with Gasteiger partial charge in [-0.15, -0.1) is 0 Å². The van der Waals surface area contributed by atoms with Crippen LogP contribution < -0.4 is 5.32 Å². The lowest BCUT2D eigenvalue weighted by atomic mass is 9.91. The average Bonchev–Trinajstić information content (AvgIpc) is 2.58. The highest BCUT2D eigenvalue weighted by atomic mass is 15.3. The quantitative estimate of drug-likeness (QED) is 0.873. The third kappa shape index (κ3) is 2.71. The lowest BCUT2D eigenvalue weighted by molar-refractivity contribution is 0.375. The first-order chi connectivity index (χ1) is 8.09. The Labute approximate surface area is 105 Å². The van der Waals surface area contributed by atoms with Crippen molar-refractivity contribution in [1.82, 2.24) is 15.1 Å². The van der Waals surface area contributed by atoms with Crippen LogP contribution in [0.15, 0.2) is 0 Å². The Hall–Kier alpha value is -0.830. The molecule has 0 aliphatic carbocycles. The second-order valence-corrected chi connectivity index (χ2v) is 5.60. The number of rotatable bonds is 3. The Morgan fingerprint density at radius 3 is 2.71 bits per heavy atom. The van der Waals surface area contributed by atoms with E-state index in [9.17, 15) is 0 Å². The third-order valence-electron chi connectivity index (χ3n) is 3.86. The molecule has 0 saturated carbocycles. The molecule has 1 saturated heterocycles. The molecular weight excluding hydrogens is 210 g/mol. The fraction of sp³-hybridized carbons (Fsp3) is 0.786. The van der Waals surface area contributed by atoms with Gasteiger partial charge in [0, 0.05) is 11.7 Å². The molecule has 1 N–H and O–H groups in total. The molecule has 1 aromatic heterocycles. The van der Waals surface area contributed by atoms with Crippen molar-refractivity contribution >= 4 is 0 Å². The predicted octanol–water partition coefficient (Wildman–Crippen LogP) is 2.62. The molecule has 17 heavy (non-hydrogen) atoms. The van der Waals surface area contributed by atoms with Gasteiger partial charge in [0.25, 0.3) is 0 Å². The van der Waals surface area contributed by atoms with Gasteiger partial charge in [0.15, 0.2) is 0 Å². The maximum absolute atomic E-state index is 4.67. The molecule has 1 aliphatic heterocycles. The van der Waals surface area contributed by atoms with Crippen LogP contribution in [0.2, 0.25) is 0 Å². The fourth-order valence-corrected chi connectivity index (χ4v) is 2.88. The van der Waals surface area contributed by atoms with Crippen molar-refractivity contribution in [3.8, 4) is 0 Å². The molecule has 1 atom stereocenters. The summed E-state index contributed by atoms with van der Waals surface area (Å²) in [6, 6.07) is 0.465. The van der Waals surface area contributed by atoms with Gasteiger partial charge in [-0.05, 0) is 71.5 Å². The zero-order chi connectivity index (χ0) is 12.4. The SMILES string of the molecule is Cc1nn(C(C)C)c(C)c1CC1CCCNC1. The molecule has 0 amide bonds. The Morgan fingerprint density at radius 1 is 1.41 bits per heavy atom. The first kappa shape index (κ1) is 12.6. The molecule has 96 valence electrons. The Kier molecular flexibility index (Phi) is 3.87. The monoisotopic (exact) mass is 235 g/mol. The van der Waals surface area contributed by atoms with Crippen molar-refractivity contribution in [2.45, 2.75) is 53.0 Å². The Balaban J connectivity index is 2.14. The van der Waals surface area contributed by atoms with Gasteiger partial charge >= 0.3 is 0 Å². The van der Waals surface area contributed by atoms with E-state index in [2.05, 4.69) is 42.8 Å². The largest absolute Gasteiger partial charge is 0.316 e. The van der Waals surface area contributed by atoms with Crippen LogP contribution in [-0.4, -0.2) is 22.9 Å². The molecule has 0 bridgehead atoms. The van der Waals surface area contributed by atoms with Gasteiger partial charge in [-0.25, -0.2) is 0 Å². The van der Waals surface area contributed by atoms with Gasteiger partial charge in [0.1, 0.15) is 0 Å². The smallest absolute Gasteiger partial charge is 0.0628 e. The van der Waals surface area contributed by atoms with Gasteiger partial charge in [0.05, 0.1) is 5.69 Å². The maximum Gasteiger partial charge on any atom is 0.0628 e. The van der Waals surface area contributed by atoms with Crippen LogP contribution in [0.1, 0.15) is 49.7 Å². The zero-order valence-electron chi connectivity index (χ0n) is 11.6. The summed E-state index contributed by atoms with van der Waals surface area (Å²) < 4.78 is 2.17. The molecule has 1 aliphatic rings. The van der Waals surface area contributed by atoms with E-state index in [0.29, 0.717) is 6.04 Å². The van der Waals surface area contributed by atoms with Crippen molar-refractivity contribution in [2.24, 2.45) is 5.92 Å². The van der Waals surface area contributed by atoms with Crippen LogP contribution in [0.3, 0.4) is 0 Å². The van der Waals surface area contributed by atoms with Crippen molar-refractivity contribution in [2.75, 3.05) is 13.1 Å². The van der Waals surface area contributed by atoms with Crippen LogP contribution in [0.5, 0.6) is 0 Å². The van der Waals surface area contributed by atoms with E-state index in [1.807, 2.05) is 0 Å². The highest BCUT2D eigenvalue weighted by Gasteiger charge is 2.19. The molecule has 0 aromatic carbocycles. The average molecular weight is 235 g/mol. The van der Waals surface area contributed by atoms with E-state index in [4.69, 9.17) is 0 Å². The predicted molar refractivity (Wildman–Crippen MR) is 71.4 cm³/mol. The van der Waals surface area contributed by atoms with Crippen LogP contribution in [0.25, 0.3) is 0 Å². The van der Waals surface area contributed by atoms with Gasteiger partial charge in [-0.1, -0.05) is 0 Å². The highest BCUT2D eigenvalue weighted by Crippen LogP contribution is 2.23. The second-order valence-electron chi connectivity index (χ2n) is 5.60. The lowest BCUT2D eigenvalue weighted by Gasteiger charge is -2.22. The lowest BCUT2D eigenvalue weighted by Crippen LogP contribution is -2.31. The molecule has 2 heterocycles. The van der Waals surface area contributed by atoms with Gasteiger partial charge in [-0.3, -0.25) is 4.68 Å². The highest BCUT2D eigenvalue weighted by molar-refractivity contribution is 5.25. The molecule has 3 nitrogen and oxygen atoms in total. The first-order valence-corrected chi connectivity index (χ1v) is 6.85.